The van der Waals surface area contributed by atoms with Gasteiger partial charge in [0.2, 0.25) is 0 Å². The third-order valence-electron chi connectivity index (χ3n) is 3.63. The van der Waals surface area contributed by atoms with Gasteiger partial charge in [0.15, 0.2) is 0 Å². The fourth-order valence-corrected chi connectivity index (χ4v) is 2.68. The second-order valence-electron chi connectivity index (χ2n) is 4.89. The molecule has 3 rings (SSSR count). The largest absolute Gasteiger partial charge is 0.469 e. The van der Waals surface area contributed by atoms with Gasteiger partial charge in [-0.05, 0) is 38.0 Å². The van der Waals surface area contributed by atoms with E-state index in [1.165, 1.54) is 18.4 Å². The molecule has 0 aromatic carbocycles. The molecule has 3 nitrogen and oxygen atoms in total. The van der Waals surface area contributed by atoms with Gasteiger partial charge in [0, 0.05) is 30.3 Å². The molecule has 1 aliphatic rings. The van der Waals surface area contributed by atoms with Crippen LogP contribution in [0.25, 0.3) is 0 Å². The second-order valence-corrected chi connectivity index (χ2v) is 4.89. The lowest BCUT2D eigenvalue weighted by atomic mass is 9.92. The molecule has 1 N–H and O–H groups in total. The van der Waals surface area contributed by atoms with Crippen molar-refractivity contribution in [3.63, 3.8) is 0 Å². The highest BCUT2D eigenvalue weighted by Gasteiger charge is 2.24. The predicted molar refractivity (Wildman–Crippen MR) is 70.2 cm³/mol. The van der Waals surface area contributed by atoms with E-state index in [2.05, 4.69) is 29.4 Å². The summed E-state index contributed by atoms with van der Waals surface area (Å²) in [6, 6.07) is 8.80. The first-order chi connectivity index (χ1) is 8.84. The van der Waals surface area contributed by atoms with Crippen molar-refractivity contribution in [2.24, 2.45) is 0 Å². The Morgan fingerprint density at radius 2 is 2.33 bits per heavy atom. The van der Waals surface area contributed by atoms with Crippen LogP contribution >= 0.6 is 0 Å². The molecule has 2 aromatic rings. The number of hydrogen-bond acceptors (Lipinski definition) is 3. The van der Waals surface area contributed by atoms with Gasteiger partial charge in [0.1, 0.15) is 5.76 Å². The summed E-state index contributed by atoms with van der Waals surface area (Å²) in [6.07, 6.45) is 7.07. The van der Waals surface area contributed by atoms with E-state index in [0.717, 1.165) is 17.9 Å². The van der Waals surface area contributed by atoms with Crippen LogP contribution in [-0.4, -0.2) is 4.98 Å². The van der Waals surface area contributed by atoms with E-state index in [0.29, 0.717) is 6.04 Å². The molecule has 1 unspecified atom stereocenters. The maximum absolute atomic E-state index is 5.52. The minimum Gasteiger partial charge on any atom is -0.469 e. The number of furan rings is 1. The number of hydrogen-bond donors (Lipinski definition) is 1. The van der Waals surface area contributed by atoms with Crippen molar-refractivity contribution in [1.82, 2.24) is 10.3 Å². The maximum Gasteiger partial charge on any atom is 0.108 e. The lowest BCUT2D eigenvalue weighted by molar-refractivity contribution is 0.383. The van der Waals surface area contributed by atoms with Crippen LogP contribution in [0.15, 0.2) is 41.1 Å². The number of aryl methyl sites for hydroxylation is 1. The predicted octanol–water partition coefficient (Wildman–Crippen LogP) is 3.40. The van der Waals surface area contributed by atoms with Crippen LogP contribution in [-0.2, 0) is 6.42 Å². The zero-order chi connectivity index (χ0) is 12.4. The molecular weight excluding hydrogens is 224 g/mol. The highest BCUT2D eigenvalue weighted by atomic mass is 16.3. The average molecular weight is 242 g/mol. The molecule has 18 heavy (non-hydrogen) atoms. The first kappa shape index (κ1) is 11.5. The van der Waals surface area contributed by atoms with Crippen molar-refractivity contribution in [2.45, 2.75) is 38.3 Å². The van der Waals surface area contributed by atoms with Crippen LogP contribution in [0, 0.1) is 0 Å². The Bertz CT molecular complexity index is 506. The summed E-state index contributed by atoms with van der Waals surface area (Å²) in [5, 5.41) is 3.65. The molecule has 0 aliphatic heterocycles. The van der Waals surface area contributed by atoms with Crippen LogP contribution in [0.1, 0.15) is 48.9 Å². The Balaban J connectivity index is 1.75. The highest BCUT2D eigenvalue weighted by molar-refractivity contribution is 5.24. The molecule has 2 heterocycles. The molecule has 2 atom stereocenters. The summed E-state index contributed by atoms with van der Waals surface area (Å²) < 4.78 is 5.52. The average Bonchev–Trinajstić information content (AvgIpc) is 2.89. The molecule has 0 saturated heterocycles. The van der Waals surface area contributed by atoms with Gasteiger partial charge in [-0.1, -0.05) is 6.07 Å². The minimum atomic E-state index is 0.261. The van der Waals surface area contributed by atoms with E-state index < -0.39 is 0 Å². The van der Waals surface area contributed by atoms with E-state index >= 15 is 0 Å². The Labute approximate surface area is 107 Å². The van der Waals surface area contributed by atoms with E-state index in [9.17, 15) is 0 Å². The van der Waals surface area contributed by atoms with Crippen molar-refractivity contribution in [1.29, 1.82) is 0 Å². The number of nitrogens with one attached hydrogen (secondary N) is 1. The maximum atomic E-state index is 5.52. The summed E-state index contributed by atoms with van der Waals surface area (Å²) in [5.41, 5.74) is 2.41. The molecule has 0 spiro atoms. The summed E-state index contributed by atoms with van der Waals surface area (Å²) in [4.78, 5) is 4.40. The molecule has 0 fully saturated rings. The molecule has 0 saturated carbocycles. The van der Waals surface area contributed by atoms with Gasteiger partial charge in [0.25, 0.3) is 0 Å². The van der Waals surface area contributed by atoms with Crippen molar-refractivity contribution >= 4 is 0 Å². The first-order valence-electron chi connectivity index (χ1n) is 6.58. The van der Waals surface area contributed by atoms with Crippen LogP contribution in [0.4, 0.5) is 0 Å². The molecule has 3 heteroatoms. The lowest BCUT2D eigenvalue weighted by Gasteiger charge is -2.26. The van der Waals surface area contributed by atoms with Crippen LogP contribution in [0.3, 0.4) is 0 Å². The standard InChI is InChI=1S/C15H18N2O/c1-11(13-5-2-3-9-16-13)17-14-6-4-7-15-12(14)8-10-18-15/h2-3,5,8-11,14,17H,4,6-7H2,1H3/t11-,14?/m1/s1. The highest BCUT2D eigenvalue weighted by Crippen LogP contribution is 2.32. The number of fused-ring (bicyclic) bond motifs is 1. The van der Waals surface area contributed by atoms with E-state index in [4.69, 9.17) is 4.42 Å². The summed E-state index contributed by atoms with van der Waals surface area (Å²) >= 11 is 0. The molecule has 0 amide bonds. The Hall–Kier alpha value is -1.61. The van der Waals surface area contributed by atoms with E-state index in [-0.39, 0.29) is 6.04 Å². The summed E-state index contributed by atoms with van der Waals surface area (Å²) in [7, 11) is 0. The van der Waals surface area contributed by atoms with Gasteiger partial charge >= 0.3 is 0 Å². The zero-order valence-electron chi connectivity index (χ0n) is 10.6. The first-order valence-corrected chi connectivity index (χ1v) is 6.58. The van der Waals surface area contributed by atoms with E-state index in [1.807, 2.05) is 18.3 Å². The van der Waals surface area contributed by atoms with Crippen LogP contribution in [0.5, 0.6) is 0 Å². The van der Waals surface area contributed by atoms with Crippen molar-refractivity contribution in [2.75, 3.05) is 0 Å². The lowest BCUT2D eigenvalue weighted by Crippen LogP contribution is -2.27. The van der Waals surface area contributed by atoms with Gasteiger partial charge in [-0.15, -0.1) is 0 Å². The van der Waals surface area contributed by atoms with Gasteiger partial charge in [-0.3, -0.25) is 4.98 Å². The number of aromatic nitrogens is 1. The Morgan fingerprint density at radius 1 is 1.39 bits per heavy atom. The smallest absolute Gasteiger partial charge is 0.108 e. The molecule has 1 aliphatic carbocycles. The number of pyridine rings is 1. The quantitative estimate of drug-likeness (QED) is 0.896. The minimum absolute atomic E-state index is 0.261. The van der Waals surface area contributed by atoms with Crippen molar-refractivity contribution in [3.05, 3.63) is 53.7 Å². The van der Waals surface area contributed by atoms with Gasteiger partial charge in [-0.2, -0.15) is 0 Å². The summed E-state index contributed by atoms with van der Waals surface area (Å²) in [6.45, 7) is 2.16. The van der Waals surface area contributed by atoms with Crippen LogP contribution in [0.2, 0.25) is 0 Å². The topological polar surface area (TPSA) is 38.1 Å². The van der Waals surface area contributed by atoms with Gasteiger partial charge in [0.05, 0.1) is 12.0 Å². The third kappa shape index (κ3) is 2.18. The summed E-state index contributed by atoms with van der Waals surface area (Å²) in [5.74, 6) is 1.15. The molecule has 94 valence electrons. The third-order valence-corrected chi connectivity index (χ3v) is 3.63. The normalized spacial score (nSPS) is 20.4. The van der Waals surface area contributed by atoms with E-state index in [1.54, 1.807) is 6.26 Å². The molecule has 2 aromatic heterocycles. The zero-order valence-corrected chi connectivity index (χ0v) is 10.6. The fourth-order valence-electron chi connectivity index (χ4n) is 2.68. The number of rotatable bonds is 3. The molecule has 0 radical (unpaired) electrons. The van der Waals surface area contributed by atoms with Gasteiger partial charge < -0.3 is 9.73 Å². The fraction of sp³-hybridized carbons (Fsp3) is 0.400. The number of nitrogens with zero attached hydrogens (tertiary/aromatic N) is 1. The molecular formula is C15H18N2O. The second kappa shape index (κ2) is 4.94. The Kier molecular flexibility index (Phi) is 3.15. The van der Waals surface area contributed by atoms with Crippen LogP contribution < -0.4 is 5.32 Å². The molecule has 0 bridgehead atoms. The Morgan fingerprint density at radius 3 is 3.17 bits per heavy atom. The SMILES string of the molecule is C[C@@H](NC1CCCc2occc21)c1ccccn1. The van der Waals surface area contributed by atoms with Crippen molar-refractivity contribution < 1.29 is 4.42 Å². The van der Waals surface area contributed by atoms with Crippen molar-refractivity contribution in [3.8, 4) is 0 Å². The monoisotopic (exact) mass is 242 g/mol. The van der Waals surface area contributed by atoms with Gasteiger partial charge in [-0.25, -0.2) is 0 Å².